The highest BCUT2D eigenvalue weighted by Gasteiger charge is 2.45. The highest BCUT2D eigenvalue weighted by atomic mass is 28.4. The van der Waals surface area contributed by atoms with Crippen LogP contribution in [0, 0.1) is 0 Å². The van der Waals surface area contributed by atoms with Crippen molar-refractivity contribution < 1.29 is 13.3 Å². The normalized spacial score (nSPS) is 17.2. The van der Waals surface area contributed by atoms with E-state index in [0.29, 0.717) is 0 Å². The predicted octanol–water partition coefficient (Wildman–Crippen LogP) is 5.02. The van der Waals surface area contributed by atoms with Crippen LogP contribution in [0.15, 0.2) is 11.3 Å². The third-order valence-corrected chi connectivity index (χ3v) is 6.67. The molecule has 0 N–H and O–H groups in total. The molecule has 0 saturated heterocycles. The minimum absolute atomic E-state index is 0.733. The number of allylic oxidation sites excluding steroid dienone is 2. The van der Waals surface area contributed by atoms with Crippen molar-refractivity contribution in [3.8, 4) is 0 Å². The second-order valence-electron chi connectivity index (χ2n) is 5.78. The molecule has 124 valence electrons. The van der Waals surface area contributed by atoms with E-state index < -0.39 is 8.80 Å². The van der Waals surface area contributed by atoms with Crippen molar-refractivity contribution in [2.24, 2.45) is 0 Å². The molecule has 0 aliphatic heterocycles. The average Bonchev–Trinajstić information content (AvgIpc) is 2.47. The molecule has 0 aromatic carbocycles. The van der Waals surface area contributed by atoms with E-state index in [1.165, 1.54) is 30.9 Å². The first kappa shape index (κ1) is 18.9. The molecule has 4 heteroatoms. The Morgan fingerprint density at radius 3 is 1.86 bits per heavy atom. The summed E-state index contributed by atoms with van der Waals surface area (Å²) in [7, 11) is -2.65. The first-order valence-electron chi connectivity index (χ1n) is 8.90. The van der Waals surface area contributed by atoms with Crippen LogP contribution in [0.1, 0.15) is 78.6 Å². The molecule has 1 aliphatic rings. The van der Waals surface area contributed by atoms with Crippen LogP contribution in [0.25, 0.3) is 0 Å². The van der Waals surface area contributed by atoms with Gasteiger partial charge in [-0.15, -0.1) is 0 Å². The Hall–Kier alpha value is -0.163. The van der Waals surface area contributed by atoms with Gasteiger partial charge in [0.15, 0.2) is 0 Å². The second kappa shape index (κ2) is 11.4. The van der Waals surface area contributed by atoms with E-state index in [2.05, 4.69) is 26.8 Å². The minimum Gasteiger partial charge on any atom is -0.370 e. The zero-order chi connectivity index (χ0) is 15.4. The molecule has 0 saturated carbocycles. The largest absolute Gasteiger partial charge is 0.532 e. The molecule has 0 heterocycles. The van der Waals surface area contributed by atoms with Crippen molar-refractivity contribution in [3.63, 3.8) is 0 Å². The van der Waals surface area contributed by atoms with Gasteiger partial charge in [0.05, 0.1) is 0 Å². The molecule has 0 atom stereocenters. The van der Waals surface area contributed by atoms with Crippen LogP contribution >= 0.6 is 0 Å². The Kier molecular flexibility index (Phi) is 10.3. The molecule has 0 amide bonds. The second-order valence-corrected chi connectivity index (χ2v) is 8.40. The van der Waals surface area contributed by atoms with E-state index >= 15 is 0 Å². The highest BCUT2D eigenvalue weighted by molar-refractivity contribution is 6.68. The molecule has 3 nitrogen and oxygen atoms in total. The van der Waals surface area contributed by atoms with Crippen molar-refractivity contribution in [3.05, 3.63) is 11.3 Å². The molecule has 0 aromatic heterocycles. The Labute approximate surface area is 132 Å². The first-order chi connectivity index (χ1) is 10.3. The maximum absolute atomic E-state index is 6.25. The summed E-state index contributed by atoms with van der Waals surface area (Å²) in [5.74, 6) is 0. The zero-order valence-electron chi connectivity index (χ0n) is 14.3. The zero-order valence-corrected chi connectivity index (χ0v) is 15.3. The quantitative estimate of drug-likeness (QED) is 0.530. The van der Waals surface area contributed by atoms with Crippen molar-refractivity contribution in [2.75, 3.05) is 19.8 Å². The summed E-state index contributed by atoms with van der Waals surface area (Å²) in [5, 5.41) is 1.34. The molecule has 1 rings (SSSR count). The van der Waals surface area contributed by atoms with Gasteiger partial charge in [-0.25, -0.2) is 0 Å². The van der Waals surface area contributed by atoms with E-state index in [4.69, 9.17) is 13.3 Å². The molecule has 0 radical (unpaired) electrons. The van der Waals surface area contributed by atoms with Gasteiger partial charge in [0.1, 0.15) is 0 Å². The topological polar surface area (TPSA) is 27.7 Å². The third kappa shape index (κ3) is 6.64. The fraction of sp³-hybridized carbons (Fsp3) is 0.882. The molecule has 0 spiro atoms. The van der Waals surface area contributed by atoms with Crippen LogP contribution in [0.2, 0.25) is 0 Å². The van der Waals surface area contributed by atoms with Crippen LogP contribution in [0.5, 0.6) is 0 Å². The summed E-state index contributed by atoms with van der Waals surface area (Å²) >= 11 is 0. The summed E-state index contributed by atoms with van der Waals surface area (Å²) in [4.78, 5) is 0. The van der Waals surface area contributed by atoms with Crippen molar-refractivity contribution >= 4 is 8.80 Å². The summed E-state index contributed by atoms with van der Waals surface area (Å²) in [5.41, 5.74) is 0. The van der Waals surface area contributed by atoms with Gasteiger partial charge >= 0.3 is 8.80 Å². The van der Waals surface area contributed by atoms with Crippen molar-refractivity contribution in [1.82, 2.24) is 0 Å². The van der Waals surface area contributed by atoms with E-state index in [-0.39, 0.29) is 0 Å². The minimum atomic E-state index is -2.65. The van der Waals surface area contributed by atoms with E-state index in [1.807, 2.05) is 0 Å². The van der Waals surface area contributed by atoms with Gasteiger partial charge in [0.2, 0.25) is 0 Å². The van der Waals surface area contributed by atoms with Gasteiger partial charge in [-0.05, 0) is 50.1 Å². The Bertz CT molecular complexity index is 270. The lowest BCUT2D eigenvalue weighted by Crippen LogP contribution is -2.49. The Morgan fingerprint density at radius 2 is 1.33 bits per heavy atom. The maximum atomic E-state index is 6.25. The molecule has 0 aromatic rings. The van der Waals surface area contributed by atoms with Gasteiger partial charge in [-0.1, -0.05) is 39.7 Å². The average molecular weight is 315 g/mol. The number of hydrogen-bond acceptors (Lipinski definition) is 3. The highest BCUT2D eigenvalue weighted by Crippen LogP contribution is 2.28. The third-order valence-electron chi connectivity index (χ3n) is 3.67. The molecule has 0 fully saturated rings. The van der Waals surface area contributed by atoms with E-state index in [9.17, 15) is 0 Å². The smallest absolute Gasteiger partial charge is 0.370 e. The fourth-order valence-corrected chi connectivity index (χ4v) is 5.68. The molecule has 0 bridgehead atoms. The van der Waals surface area contributed by atoms with Gasteiger partial charge in [-0.3, -0.25) is 0 Å². The maximum Gasteiger partial charge on any atom is 0.532 e. The van der Waals surface area contributed by atoms with Crippen molar-refractivity contribution in [1.29, 1.82) is 0 Å². The van der Waals surface area contributed by atoms with Gasteiger partial charge in [0.25, 0.3) is 0 Å². The Morgan fingerprint density at radius 1 is 0.810 bits per heavy atom. The summed E-state index contributed by atoms with van der Waals surface area (Å²) in [6.07, 6.45) is 12.8. The SMILES string of the molecule is CCCO[Si](OCCC)(OCCC)C1=CCCCCCC1. The van der Waals surface area contributed by atoms with Crippen LogP contribution in [-0.4, -0.2) is 28.6 Å². The lowest BCUT2D eigenvalue weighted by Gasteiger charge is -2.32. The predicted molar refractivity (Wildman–Crippen MR) is 90.3 cm³/mol. The van der Waals surface area contributed by atoms with Gasteiger partial charge in [-0.2, -0.15) is 0 Å². The molecule has 21 heavy (non-hydrogen) atoms. The summed E-state index contributed by atoms with van der Waals surface area (Å²) in [6.45, 7) is 8.63. The van der Waals surface area contributed by atoms with Crippen LogP contribution < -0.4 is 0 Å². The molecular formula is C17H34O3Si. The first-order valence-corrected chi connectivity index (χ1v) is 10.6. The van der Waals surface area contributed by atoms with Crippen LogP contribution in [0.4, 0.5) is 0 Å². The standard InChI is InChI=1S/C17H34O3Si/c1-4-14-18-21(19-15-5-2,20-16-6-3)17-12-10-8-7-9-11-13-17/h12H,4-11,13-16H2,1-3H3. The Balaban J connectivity index is 2.91. The van der Waals surface area contributed by atoms with Crippen molar-refractivity contribution in [2.45, 2.75) is 78.6 Å². The van der Waals surface area contributed by atoms with E-state index in [1.54, 1.807) is 0 Å². The fourth-order valence-electron chi connectivity index (χ4n) is 2.58. The summed E-state index contributed by atoms with van der Waals surface area (Å²) in [6, 6.07) is 0. The van der Waals surface area contributed by atoms with Gasteiger partial charge < -0.3 is 13.3 Å². The molecule has 0 unspecified atom stereocenters. The van der Waals surface area contributed by atoms with E-state index in [0.717, 1.165) is 51.9 Å². The summed E-state index contributed by atoms with van der Waals surface area (Å²) < 4.78 is 18.7. The van der Waals surface area contributed by atoms with Crippen LogP contribution in [-0.2, 0) is 13.3 Å². The van der Waals surface area contributed by atoms with Crippen LogP contribution in [0.3, 0.4) is 0 Å². The lowest BCUT2D eigenvalue weighted by molar-refractivity contribution is 0.0670. The molecular weight excluding hydrogens is 280 g/mol. The van der Waals surface area contributed by atoms with Gasteiger partial charge in [0, 0.05) is 19.8 Å². The lowest BCUT2D eigenvalue weighted by atomic mass is 10.1. The monoisotopic (exact) mass is 314 g/mol. The number of rotatable bonds is 10. The molecule has 1 aliphatic carbocycles. The number of hydrogen-bond donors (Lipinski definition) is 0.